The van der Waals surface area contributed by atoms with Crippen molar-refractivity contribution in [2.45, 2.75) is 31.6 Å². The van der Waals surface area contributed by atoms with Gasteiger partial charge in [0, 0.05) is 16.7 Å². The van der Waals surface area contributed by atoms with Crippen LogP contribution in [-0.4, -0.2) is 10.1 Å². The van der Waals surface area contributed by atoms with Gasteiger partial charge in [0.25, 0.3) is 6.43 Å². The lowest BCUT2D eigenvalue weighted by Crippen LogP contribution is -2.23. The molecule has 1 heterocycles. The van der Waals surface area contributed by atoms with Crippen LogP contribution in [0.25, 0.3) is 10.6 Å². The van der Waals surface area contributed by atoms with Crippen molar-refractivity contribution in [1.82, 2.24) is 4.98 Å². The lowest BCUT2D eigenvalue weighted by molar-refractivity contribution is -0.137. The fourth-order valence-corrected chi connectivity index (χ4v) is 3.86. The second-order valence-corrected chi connectivity index (χ2v) is 7.52. The molecule has 1 aromatic heterocycles. The SMILES string of the molecule is Cc1nc(-c2ccc(C(F)(F)F)cc2)sc1C(O)C(F)(F)c1ccc(C(F)F)cc1. The molecule has 0 saturated carbocycles. The number of rotatable bonds is 5. The van der Waals surface area contributed by atoms with Gasteiger partial charge in [-0.25, -0.2) is 13.8 Å². The summed E-state index contributed by atoms with van der Waals surface area (Å²) in [4.78, 5) is 3.91. The smallest absolute Gasteiger partial charge is 0.381 e. The van der Waals surface area contributed by atoms with Gasteiger partial charge in [-0.2, -0.15) is 22.0 Å². The molecule has 3 aromatic rings. The second-order valence-electron chi connectivity index (χ2n) is 6.49. The van der Waals surface area contributed by atoms with Crippen molar-refractivity contribution in [1.29, 1.82) is 0 Å². The Hall–Kier alpha value is -2.46. The first-order chi connectivity index (χ1) is 13.9. The average molecular weight is 449 g/mol. The van der Waals surface area contributed by atoms with E-state index in [0.717, 1.165) is 47.7 Å². The van der Waals surface area contributed by atoms with E-state index in [9.17, 15) is 35.8 Å². The highest BCUT2D eigenvalue weighted by Gasteiger charge is 2.43. The molecule has 3 rings (SSSR count). The monoisotopic (exact) mass is 449 g/mol. The van der Waals surface area contributed by atoms with Crippen molar-refractivity contribution in [3.05, 3.63) is 75.8 Å². The summed E-state index contributed by atoms with van der Waals surface area (Å²) in [7, 11) is 0. The van der Waals surface area contributed by atoms with E-state index >= 15 is 0 Å². The van der Waals surface area contributed by atoms with Gasteiger partial charge >= 0.3 is 12.1 Å². The first kappa shape index (κ1) is 22.2. The molecule has 1 unspecified atom stereocenters. The van der Waals surface area contributed by atoms with E-state index in [1.807, 2.05) is 0 Å². The lowest BCUT2D eigenvalue weighted by atomic mass is 10.00. The van der Waals surface area contributed by atoms with Crippen LogP contribution in [0.4, 0.5) is 30.7 Å². The Morgan fingerprint density at radius 1 is 0.867 bits per heavy atom. The van der Waals surface area contributed by atoms with Gasteiger partial charge in [0.2, 0.25) is 0 Å². The van der Waals surface area contributed by atoms with Crippen molar-refractivity contribution in [2.75, 3.05) is 0 Å². The largest absolute Gasteiger partial charge is 0.416 e. The van der Waals surface area contributed by atoms with E-state index < -0.39 is 41.3 Å². The van der Waals surface area contributed by atoms with Gasteiger partial charge in [0.1, 0.15) is 5.01 Å². The average Bonchev–Trinajstić information content (AvgIpc) is 3.08. The zero-order chi connectivity index (χ0) is 22.3. The summed E-state index contributed by atoms with van der Waals surface area (Å²) in [6.45, 7) is 1.39. The topological polar surface area (TPSA) is 33.1 Å². The first-order valence-corrected chi connectivity index (χ1v) is 9.32. The fourth-order valence-electron chi connectivity index (χ4n) is 2.76. The zero-order valence-electron chi connectivity index (χ0n) is 15.2. The Kier molecular flexibility index (Phi) is 5.92. The number of hydrogen-bond donors (Lipinski definition) is 1. The van der Waals surface area contributed by atoms with Crippen LogP contribution in [-0.2, 0) is 12.1 Å². The molecule has 0 aliphatic carbocycles. The number of aryl methyl sites for hydroxylation is 1. The molecule has 160 valence electrons. The number of aromatic nitrogens is 1. The summed E-state index contributed by atoms with van der Waals surface area (Å²) in [6, 6.07) is 7.37. The van der Waals surface area contributed by atoms with Gasteiger partial charge in [-0.1, -0.05) is 36.4 Å². The minimum atomic E-state index is -4.51. The minimum absolute atomic E-state index is 0.0891. The van der Waals surface area contributed by atoms with Gasteiger partial charge < -0.3 is 5.11 Å². The normalized spacial score (nSPS) is 13.7. The summed E-state index contributed by atoms with van der Waals surface area (Å²) in [5, 5.41) is 10.5. The van der Waals surface area contributed by atoms with Crippen LogP contribution >= 0.6 is 11.3 Å². The Labute approximate surface area is 170 Å². The van der Waals surface area contributed by atoms with E-state index in [0.29, 0.717) is 0 Å². The van der Waals surface area contributed by atoms with Crippen LogP contribution in [0.3, 0.4) is 0 Å². The minimum Gasteiger partial charge on any atom is -0.381 e. The van der Waals surface area contributed by atoms with E-state index in [4.69, 9.17) is 0 Å². The molecule has 0 spiro atoms. The Balaban J connectivity index is 1.89. The highest BCUT2D eigenvalue weighted by atomic mass is 32.1. The van der Waals surface area contributed by atoms with Crippen molar-refractivity contribution in [3.8, 4) is 10.6 Å². The summed E-state index contributed by atoms with van der Waals surface area (Å²) < 4.78 is 92.8. The Morgan fingerprint density at radius 2 is 1.40 bits per heavy atom. The molecular formula is C20H14F7NOS. The lowest BCUT2D eigenvalue weighted by Gasteiger charge is -2.22. The van der Waals surface area contributed by atoms with E-state index in [1.54, 1.807) is 0 Å². The van der Waals surface area contributed by atoms with Gasteiger partial charge in [0.15, 0.2) is 6.10 Å². The van der Waals surface area contributed by atoms with Crippen molar-refractivity contribution >= 4 is 11.3 Å². The molecule has 30 heavy (non-hydrogen) atoms. The highest BCUT2D eigenvalue weighted by Crippen LogP contribution is 2.45. The van der Waals surface area contributed by atoms with Gasteiger partial charge in [-0.3, -0.25) is 0 Å². The molecular weight excluding hydrogens is 435 g/mol. The molecule has 0 bridgehead atoms. The summed E-state index contributed by atoms with van der Waals surface area (Å²) in [5.41, 5.74) is -1.57. The van der Waals surface area contributed by atoms with Crippen molar-refractivity contribution in [2.24, 2.45) is 0 Å². The fraction of sp³-hybridized carbons (Fsp3) is 0.250. The number of alkyl halides is 7. The number of halogens is 7. The van der Waals surface area contributed by atoms with Crippen molar-refractivity contribution < 1.29 is 35.8 Å². The van der Waals surface area contributed by atoms with Gasteiger partial charge in [-0.05, 0) is 19.1 Å². The number of benzene rings is 2. The second kappa shape index (κ2) is 7.99. The predicted octanol–water partition coefficient (Wildman–Crippen LogP) is 6.90. The van der Waals surface area contributed by atoms with Gasteiger partial charge in [-0.15, -0.1) is 11.3 Å². The maximum atomic E-state index is 14.8. The maximum Gasteiger partial charge on any atom is 0.416 e. The molecule has 0 saturated heterocycles. The quantitative estimate of drug-likeness (QED) is 0.430. The van der Waals surface area contributed by atoms with E-state index in [-0.39, 0.29) is 21.1 Å². The Morgan fingerprint density at radius 3 is 1.90 bits per heavy atom. The summed E-state index contributed by atoms with van der Waals surface area (Å²) in [5.74, 6) is -3.80. The highest BCUT2D eigenvalue weighted by molar-refractivity contribution is 7.15. The number of nitrogens with zero attached hydrogens (tertiary/aromatic N) is 1. The third-order valence-corrected chi connectivity index (χ3v) is 5.69. The number of aliphatic hydroxyl groups excluding tert-OH is 1. The molecule has 2 aromatic carbocycles. The standard InChI is InChI=1S/C20H14F7NOS/c1-10-15(16(29)19(23,24)13-6-2-11(3-7-13)17(21)22)30-18(28-10)12-4-8-14(9-5-12)20(25,26)27/h2-9,16-17,29H,1H3. The number of hydrogen-bond acceptors (Lipinski definition) is 3. The van der Waals surface area contributed by atoms with Crippen LogP contribution in [0.15, 0.2) is 48.5 Å². The van der Waals surface area contributed by atoms with Crippen LogP contribution in [0.5, 0.6) is 0 Å². The van der Waals surface area contributed by atoms with E-state index in [1.165, 1.54) is 19.1 Å². The molecule has 0 amide bonds. The molecule has 10 heteroatoms. The zero-order valence-corrected chi connectivity index (χ0v) is 16.0. The molecule has 0 radical (unpaired) electrons. The molecule has 0 aliphatic rings. The number of aliphatic hydroxyl groups is 1. The van der Waals surface area contributed by atoms with Crippen molar-refractivity contribution in [3.63, 3.8) is 0 Å². The van der Waals surface area contributed by atoms with E-state index in [2.05, 4.69) is 4.98 Å². The van der Waals surface area contributed by atoms with Crippen LogP contribution < -0.4 is 0 Å². The molecule has 1 atom stereocenters. The third-order valence-electron chi connectivity index (χ3n) is 4.43. The first-order valence-electron chi connectivity index (χ1n) is 8.50. The summed E-state index contributed by atoms with van der Waals surface area (Å²) >= 11 is 0.721. The summed E-state index contributed by atoms with van der Waals surface area (Å²) in [6.07, 6.45) is -9.64. The third kappa shape index (κ3) is 4.34. The maximum absolute atomic E-state index is 14.8. The van der Waals surface area contributed by atoms with Crippen LogP contribution in [0.2, 0.25) is 0 Å². The van der Waals surface area contributed by atoms with Crippen LogP contribution in [0.1, 0.15) is 39.8 Å². The molecule has 0 aliphatic heterocycles. The van der Waals surface area contributed by atoms with Crippen LogP contribution in [0, 0.1) is 6.92 Å². The molecule has 2 nitrogen and oxygen atoms in total. The molecule has 1 N–H and O–H groups in total. The van der Waals surface area contributed by atoms with Gasteiger partial charge in [0.05, 0.1) is 16.1 Å². The number of thiazole rings is 1. The Bertz CT molecular complexity index is 1010. The predicted molar refractivity (Wildman–Crippen MR) is 97.5 cm³/mol. The molecule has 0 fully saturated rings.